The smallest absolute Gasteiger partial charge is 0.293 e. The van der Waals surface area contributed by atoms with Crippen molar-refractivity contribution in [2.45, 2.75) is 0 Å². The van der Waals surface area contributed by atoms with Gasteiger partial charge in [-0.25, -0.2) is 4.39 Å². The highest BCUT2D eigenvalue weighted by atomic mass is 79.9. The van der Waals surface area contributed by atoms with E-state index in [9.17, 15) is 19.3 Å². The normalized spacial score (nSPS) is 10.1. The molecule has 0 N–H and O–H groups in total. The Hall–Kier alpha value is -1.01. The van der Waals surface area contributed by atoms with Crippen LogP contribution in [-0.4, -0.2) is 16.6 Å². The van der Waals surface area contributed by atoms with E-state index < -0.39 is 22.2 Å². The number of ketones is 1. The fourth-order valence-corrected chi connectivity index (χ4v) is 1.65. The Kier molecular flexibility index (Phi) is 3.76. The van der Waals surface area contributed by atoms with E-state index in [1.165, 1.54) is 0 Å². The van der Waals surface area contributed by atoms with Crippen molar-refractivity contribution in [2.75, 3.05) is 5.88 Å². The summed E-state index contributed by atoms with van der Waals surface area (Å²) in [5, 5.41) is 10.6. The molecule has 0 atom stereocenters. The van der Waals surface area contributed by atoms with Crippen LogP contribution >= 0.6 is 27.5 Å². The zero-order valence-corrected chi connectivity index (χ0v) is 9.51. The highest BCUT2D eigenvalue weighted by molar-refractivity contribution is 9.10. The van der Waals surface area contributed by atoms with Gasteiger partial charge in [0.1, 0.15) is 10.3 Å². The van der Waals surface area contributed by atoms with Crippen LogP contribution in [0, 0.1) is 15.9 Å². The van der Waals surface area contributed by atoms with Crippen LogP contribution in [-0.2, 0) is 0 Å². The molecule has 7 heteroatoms. The van der Waals surface area contributed by atoms with Crippen LogP contribution in [0.3, 0.4) is 0 Å². The maximum Gasteiger partial charge on any atom is 0.297 e. The second-order valence-electron chi connectivity index (χ2n) is 2.57. The van der Waals surface area contributed by atoms with Crippen LogP contribution in [0.4, 0.5) is 10.1 Å². The fraction of sp³-hybridized carbons (Fsp3) is 0.125. The summed E-state index contributed by atoms with van der Waals surface area (Å²) in [6, 6.07) is 2.01. The molecular weight excluding hydrogens is 292 g/mol. The quantitative estimate of drug-likeness (QED) is 0.373. The van der Waals surface area contributed by atoms with E-state index in [2.05, 4.69) is 15.9 Å². The van der Waals surface area contributed by atoms with E-state index in [0.717, 1.165) is 12.1 Å². The van der Waals surface area contributed by atoms with Gasteiger partial charge < -0.3 is 0 Å². The number of alkyl halides is 1. The third-order valence-corrected chi connectivity index (χ3v) is 2.67. The predicted molar refractivity (Wildman–Crippen MR) is 55.8 cm³/mol. The van der Waals surface area contributed by atoms with Gasteiger partial charge >= 0.3 is 0 Å². The number of carbonyl (C=O) groups is 1. The summed E-state index contributed by atoms with van der Waals surface area (Å²) < 4.78 is 12.6. The van der Waals surface area contributed by atoms with E-state index in [1.807, 2.05) is 0 Å². The van der Waals surface area contributed by atoms with Crippen molar-refractivity contribution in [1.29, 1.82) is 0 Å². The molecule has 0 saturated carbocycles. The molecule has 1 aromatic rings. The summed E-state index contributed by atoms with van der Waals surface area (Å²) in [6.07, 6.45) is 0. The van der Waals surface area contributed by atoms with Gasteiger partial charge in [-0.15, -0.1) is 11.6 Å². The van der Waals surface area contributed by atoms with Gasteiger partial charge in [0.15, 0.2) is 5.78 Å². The number of halogens is 3. The van der Waals surface area contributed by atoms with Crippen molar-refractivity contribution in [1.82, 2.24) is 0 Å². The Labute approximate surface area is 97.3 Å². The van der Waals surface area contributed by atoms with E-state index >= 15 is 0 Å². The molecule has 0 aliphatic rings. The van der Waals surface area contributed by atoms with Crippen molar-refractivity contribution in [2.24, 2.45) is 0 Å². The number of Topliss-reactive ketones (excluding diaryl/α,β-unsaturated/α-hetero) is 1. The Balaban J connectivity index is 3.46. The Morgan fingerprint density at radius 2 is 2.20 bits per heavy atom. The molecule has 0 spiro atoms. The van der Waals surface area contributed by atoms with Gasteiger partial charge in [0.25, 0.3) is 5.69 Å². The van der Waals surface area contributed by atoms with E-state index in [0.29, 0.717) is 0 Å². The van der Waals surface area contributed by atoms with Crippen molar-refractivity contribution in [3.05, 3.63) is 38.1 Å². The molecule has 0 heterocycles. The lowest BCUT2D eigenvalue weighted by Gasteiger charge is -2.02. The number of hydrogen-bond acceptors (Lipinski definition) is 3. The lowest BCUT2D eigenvalue weighted by Crippen LogP contribution is -2.06. The Bertz CT molecular complexity index is 438. The molecule has 0 amide bonds. The summed E-state index contributed by atoms with van der Waals surface area (Å²) in [5.41, 5.74) is -0.802. The first-order valence-corrected chi connectivity index (χ1v) is 5.03. The van der Waals surface area contributed by atoms with Gasteiger partial charge in [0.2, 0.25) is 0 Å². The van der Waals surface area contributed by atoms with Crippen LogP contribution in [0.15, 0.2) is 16.6 Å². The topological polar surface area (TPSA) is 60.2 Å². The van der Waals surface area contributed by atoms with Crippen LogP contribution in [0.5, 0.6) is 0 Å². The van der Waals surface area contributed by atoms with Crippen LogP contribution < -0.4 is 0 Å². The summed E-state index contributed by atoms with van der Waals surface area (Å²) in [7, 11) is 0. The van der Waals surface area contributed by atoms with Gasteiger partial charge in [-0.05, 0) is 28.1 Å². The van der Waals surface area contributed by atoms with Crippen molar-refractivity contribution >= 4 is 39.0 Å². The standard InChI is InChI=1S/C8H4BrClFNO3/c9-7-5(11)2-1-4(6(13)3-10)8(7)12(14)15/h1-2H,3H2. The Morgan fingerprint density at radius 3 is 2.67 bits per heavy atom. The first kappa shape index (κ1) is 12.1. The molecule has 1 rings (SSSR count). The number of nitro groups is 1. The summed E-state index contributed by atoms with van der Waals surface area (Å²) >= 11 is 7.99. The average Bonchev–Trinajstić information content (AvgIpc) is 2.20. The molecule has 0 fully saturated rings. The summed E-state index contributed by atoms with van der Waals surface area (Å²) in [6.45, 7) is 0. The minimum absolute atomic E-state index is 0.205. The first-order chi connectivity index (χ1) is 6.99. The van der Waals surface area contributed by atoms with Gasteiger partial charge in [-0.1, -0.05) is 0 Å². The molecule has 80 valence electrons. The highest BCUT2D eigenvalue weighted by Crippen LogP contribution is 2.31. The summed E-state index contributed by atoms with van der Waals surface area (Å²) in [4.78, 5) is 21.0. The molecule has 0 bridgehead atoms. The monoisotopic (exact) mass is 295 g/mol. The molecule has 0 aliphatic heterocycles. The minimum atomic E-state index is -0.826. The van der Waals surface area contributed by atoms with Crippen molar-refractivity contribution < 1.29 is 14.1 Å². The molecule has 0 radical (unpaired) electrons. The zero-order chi connectivity index (χ0) is 11.6. The molecule has 0 saturated heterocycles. The summed E-state index contributed by atoms with van der Waals surface area (Å²) in [5.74, 6) is -1.81. The van der Waals surface area contributed by atoms with Gasteiger partial charge in [0, 0.05) is 0 Å². The lowest BCUT2D eigenvalue weighted by molar-refractivity contribution is -0.386. The minimum Gasteiger partial charge on any atom is -0.293 e. The zero-order valence-electron chi connectivity index (χ0n) is 7.17. The van der Waals surface area contributed by atoms with Crippen LogP contribution in [0.1, 0.15) is 10.4 Å². The number of carbonyl (C=O) groups excluding carboxylic acids is 1. The predicted octanol–water partition coefficient (Wildman–Crippen LogP) is 2.92. The molecule has 15 heavy (non-hydrogen) atoms. The maximum atomic E-state index is 13.0. The number of nitrogens with zero attached hydrogens (tertiary/aromatic N) is 1. The second-order valence-corrected chi connectivity index (χ2v) is 3.63. The first-order valence-electron chi connectivity index (χ1n) is 3.70. The lowest BCUT2D eigenvalue weighted by atomic mass is 10.1. The van der Waals surface area contributed by atoms with Gasteiger partial charge in [-0.3, -0.25) is 14.9 Å². The average molecular weight is 296 g/mol. The molecule has 0 aromatic heterocycles. The van der Waals surface area contributed by atoms with Crippen LogP contribution in [0.25, 0.3) is 0 Å². The van der Waals surface area contributed by atoms with Gasteiger partial charge in [-0.2, -0.15) is 0 Å². The van der Waals surface area contributed by atoms with Crippen molar-refractivity contribution in [3.8, 4) is 0 Å². The third-order valence-electron chi connectivity index (χ3n) is 1.67. The SMILES string of the molecule is O=C(CCl)c1ccc(F)c(Br)c1[N+](=O)[O-]. The maximum absolute atomic E-state index is 13.0. The van der Waals surface area contributed by atoms with E-state index in [4.69, 9.17) is 11.6 Å². The molecule has 4 nitrogen and oxygen atoms in total. The Morgan fingerprint density at radius 1 is 1.60 bits per heavy atom. The van der Waals surface area contributed by atoms with Crippen LogP contribution in [0.2, 0.25) is 0 Å². The fourth-order valence-electron chi connectivity index (χ4n) is 1.02. The van der Waals surface area contributed by atoms with Gasteiger partial charge in [0.05, 0.1) is 16.4 Å². The number of nitro benzene ring substituents is 1. The third kappa shape index (κ3) is 2.32. The number of hydrogen-bond donors (Lipinski definition) is 0. The highest BCUT2D eigenvalue weighted by Gasteiger charge is 2.25. The molecule has 1 aromatic carbocycles. The van der Waals surface area contributed by atoms with E-state index in [1.54, 1.807) is 0 Å². The number of rotatable bonds is 3. The largest absolute Gasteiger partial charge is 0.297 e. The van der Waals surface area contributed by atoms with E-state index in [-0.39, 0.29) is 15.9 Å². The second kappa shape index (κ2) is 4.67. The molecule has 0 aliphatic carbocycles. The number of benzene rings is 1. The molecular formula is C8H4BrClFNO3. The van der Waals surface area contributed by atoms with Crippen molar-refractivity contribution in [3.63, 3.8) is 0 Å². The molecule has 0 unspecified atom stereocenters.